The van der Waals surface area contributed by atoms with Crippen molar-refractivity contribution >= 4 is 33.5 Å². The average Bonchev–Trinajstić information content (AvgIpc) is 2.79. The molecule has 1 aliphatic rings. The van der Waals surface area contributed by atoms with Crippen LogP contribution in [0.1, 0.15) is 29.2 Å². The minimum atomic E-state index is -4.28. The molecule has 0 aliphatic carbocycles. The van der Waals surface area contributed by atoms with E-state index in [-0.39, 0.29) is 24.9 Å². The van der Waals surface area contributed by atoms with Gasteiger partial charge in [0.25, 0.3) is 0 Å². The number of benzene rings is 2. The number of rotatable bonds is 6. The van der Waals surface area contributed by atoms with E-state index in [1.54, 1.807) is 42.5 Å². The van der Waals surface area contributed by atoms with Gasteiger partial charge >= 0.3 is 6.18 Å². The van der Waals surface area contributed by atoms with E-state index in [4.69, 9.17) is 4.74 Å². The second kappa shape index (κ2) is 9.38. The number of fused-ring (bicyclic) bond motifs is 1. The molecular formula is C23H20BrF3N4O2. The van der Waals surface area contributed by atoms with Gasteiger partial charge in [-0.15, -0.1) is 0 Å². The van der Waals surface area contributed by atoms with E-state index >= 15 is 0 Å². The van der Waals surface area contributed by atoms with Crippen molar-refractivity contribution in [1.82, 2.24) is 9.97 Å². The predicted molar refractivity (Wildman–Crippen MR) is 121 cm³/mol. The van der Waals surface area contributed by atoms with Gasteiger partial charge in [-0.25, -0.2) is 9.97 Å². The molecule has 33 heavy (non-hydrogen) atoms. The molecular weight excluding hydrogens is 501 g/mol. The number of ether oxygens (including phenoxy) is 1. The Bertz CT molecular complexity index is 1140. The zero-order valence-corrected chi connectivity index (χ0v) is 19.2. The summed E-state index contributed by atoms with van der Waals surface area (Å²) in [5, 5.41) is 2.61. The zero-order valence-electron chi connectivity index (χ0n) is 17.6. The Morgan fingerprint density at radius 2 is 1.85 bits per heavy atom. The largest absolute Gasteiger partial charge is 0.497 e. The molecule has 0 spiro atoms. The van der Waals surface area contributed by atoms with Gasteiger partial charge in [0.1, 0.15) is 11.7 Å². The second-order valence-corrected chi connectivity index (χ2v) is 8.42. The van der Waals surface area contributed by atoms with E-state index in [1.165, 1.54) is 0 Å². The number of methoxy groups -OCH3 is 1. The average molecular weight is 521 g/mol. The molecule has 1 unspecified atom stereocenters. The highest BCUT2D eigenvalue weighted by Gasteiger charge is 2.37. The molecule has 0 fully saturated rings. The monoisotopic (exact) mass is 520 g/mol. The molecule has 4 rings (SSSR count). The van der Waals surface area contributed by atoms with E-state index in [9.17, 15) is 18.0 Å². The molecule has 1 atom stereocenters. The number of carbonyl (C=O) groups is 1. The number of halogens is 4. The first-order valence-electron chi connectivity index (χ1n) is 10.1. The number of nitrogens with one attached hydrogen (secondary N) is 1. The highest BCUT2D eigenvalue weighted by atomic mass is 79.9. The van der Waals surface area contributed by atoms with Crippen LogP contribution < -0.4 is 15.0 Å². The van der Waals surface area contributed by atoms with Gasteiger partial charge in [0.2, 0.25) is 11.9 Å². The molecule has 6 nitrogen and oxygen atoms in total. The quantitative estimate of drug-likeness (QED) is 0.478. The summed E-state index contributed by atoms with van der Waals surface area (Å²) in [5.74, 6) is -0.179. The lowest BCUT2D eigenvalue weighted by molar-refractivity contribution is -0.131. The maximum atomic E-state index is 13.6. The maximum absolute atomic E-state index is 13.6. The Kier molecular flexibility index (Phi) is 6.55. The van der Waals surface area contributed by atoms with Crippen LogP contribution in [0.4, 0.5) is 24.8 Å². The third-order valence-corrected chi connectivity index (χ3v) is 5.82. The van der Waals surface area contributed by atoms with E-state index in [1.807, 2.05) is 24.3 Å². The van der Waals surface area contributed by atoms with Crippen LogP contribution in [0.5, 0.6) is 5.75 Å². The number of alkyl halides is 3. The number of hydrogen-bond donors (Lipinski definition) is 1. The first-order valence-corrected chi connectivity index (χ1v) is 10.9. The minimum absolute atomic E-state index is 0.0609. The summed E-state index contributed by atoms with van der Waals surface area (Å²) in [5.41, 5.74) is 2.62. The summed E-state index contributed by atoms with van der Waals surface area (Å²) in [6.45, 7) is -0.104. The van der Waals surface area contributed by atoms with Crippen molar-refractivity contribution in [2.45, 2.75) is 25.1 Å². The summed E-state index contributed by atoms with van der Waals surface area (Å²) in [6.07, 6.45) is -3.73. The first kappa shape index (κ1) is 23.0. The molecule has 0 radical (unpaired) electrons. The van der Waals surface area contributed by atoms with Gasteiger partial charge in [0.05, 0.1) is 25.8 Å². The molecule has 0 saturated heterocycles. The van der Waals surface area contributed by atoms with Crippen molar-refractivity contribution in [3.63, 3.8) is 0 Å². The molecule has 1 amide bonds. The fourth-order valence-electron chi connectivity index (χ4n) is 3.65. The topological polar surface area (TPSA) is 67.3 Å². The third-order valence-electron chi connectivity index (χ3n) is 5.29. The highest BCUT2D eigenvalue weighted by Crippen LogP contribution is 2.37. The van der Waals surface area contributed by atoms with Crippen LogP contribution in [0.3, 0.4) is 0 Å². The number of aromatic nitrogens is 2. The van der Waals surface area contributed by atoms with Gasteiger partial charge in [0.15, 0.2) is 0 Å². The number of nitrogens with zero attached hydrogens (tertiary/aromatic N) is 3. The summed E-state index contributed by atoms with van der Waals surface area (Å²) < 4.78 is 43.6. The Labute approximate surface area is 196 Å². The number of anilines is 2. The van der Waals surface area contributed by atoms with Crippen LogP contribution in [0.2, 0.25) is 0 Å². The maximum Gasteiger partial charge on any atom is 0.390 e. The molecule has 10 heteroatoms. The molecule has 1 aliphatic heterocycles. The van der Waals surface area contributed by atoms with E-state index in [0.29, 0.717) is 17.1 Å². The van der Waals surface area contributed by atoms with Gasteiger partial charge in [0, 0.05) is 28.5 Å². The van der Waals surface area contributed by atoms with Gasteiger partial charge in [-0.1, -0.05) is 28.1 Å². The highest BCUT2D eigenvalue weighted by molar-refractivity contribution is 9.10. The molecule has 3 aromatic rings. The second-order valence-electron chi connectivity index (χ2n) is 7.50. The van der Waals surface area contributed by atoms with Crippen molar-refractivity contribution in [2.24, 2.45) is 0 Å². The summed E-state index contributed by atoms with van der Waals surface area (Å²) in [4.78, 5) is 23.9. The van der Waals surface area contributed by atoms with Gasteiger partial charge in [-0.05, 0) is 42.0 Å². The lowest BCUT2D eigenvalue weighted by Gasteiger charge is -2.33. The van der Waals surface area contributed by atoms with E-state index in [0.717, 1.165) is 15.6 Å². The summed E-state index contributed by atoms with van der Waals surface area (Å²) in [6, 6.07) is 14.5. The lowest BCUT2D eigenvalue weighted by Crippen LogP contribution is -2.40. The fraction of sp³-hybridized carbons (Fsp3) is 0.261. The van der Waals surface area contributed by atoms with Crippen molar-refractivity contribution in [1.29, 1.82) is 0 Å². The minimum Gasteiger partial charge on any atom is -0.497 e. The van der Waals surface area contributed by atoms with Crippen LogP contribution in [0, 0.1) is 0 Å². The Morgan fingerprint density at radius 3 is 2.48 bits per heavy atom. The van der Waals surface area contributed by atoms with E-state index in [2.05, 4.69) is 31.2 Å². The molecule has 0 bridgehead atoms. The molecule has 0 saturated carbocycles. The van der Waals surface area contributed by atoms with Crippen molar-refractivity contribution in [3.8, 4) is 5.75 Å². The first-order chi connectivity index (χ1) is 15.7. The van der Waals surface area contributed by atoms with Crippen LogP contribution in [-0.2, 0) is 11.3 Å². The fourth-order valence-corrected chi connectivity index (χ4v) is 3.91. The Morgan fingerprint density at radius 1 is 1.15 bits per heavy atom. The van der Waals surface area contributed by atoms with Crippen LogP contribution in [0.15, 0.2) is 59.2 Å². The normalized spacial score (nSPS) is 15.8. The molecule has 2 aromatic carbocycles. The summed E-state index contributed by atoms with van der Waals surface area (Å²) in [7, 11) is 1.57. The molecule has 2 heterocycles. The van der Waals surface area contributed by atoms with Crippen molar-refractivity contribution in [3.05, 3.63) is 76.0 Å². The molecule has 1 aromatic heterocycles. The van der Waals surface area contributed by atoms with Crippen molar-refractivity contribution < 1.29 is 22.7 Å². The SMILES string of the molecule is COc1ccc(N2Cc3cnc(NCCC(F)(F)F)nc3C(c3ccc(Br)cc3)C2=O)cc1. The van der Waals surface area contributed by atoms with Gasteiger partial charge in [-0.3, -0.25) is 4.79 Å². The van der Waals surface area contributed by atoms with Gasteiger partial charge in [-0.2, -0.15) is 13.2 Å². The van der Waals surface area contributed by atoms with Crippen LogP contribution in [-0.4, -0.2) is 35.7 Å². The number of amides is 1. The third kappa shape index (κ3) is 5.27. The standard InChI is InChI=1S/C23H20BrF3N4O2/c1-33-18-8-6-17(7-9-18)31-13-15-12-29-22(28-11-10-23(25,26)27)30-20(15)19(21(31)32)14-2-4-16(24)5-3-14/h2-9,12,19H,10-11,13H2,1H3,(H,28,29,30). The Hall–Kier alpha value is -3.14. The van der Waals surface area contributed by atoms with Gasteiger partial charge < -0.3 is 15.0 Å². The molecule has 172 valence electrons. The lowest BCUT2D eigenvalue weighted by atomic mass is 9.88. The summed E-state index contributed by atoms with van der Waals surface area (Å²) >= 11 is 3.40. The Balaban J connectivity index is 1.70. The van der Waals surface area contributed by atoms with Crippen LogP contribution >= 0.6 is 15.9 Å². The predicted octanol–water partition coefficient (Wildman–Crippen LogP) is 5.29. The molecule has 1 N–H and O–H groups in total. The number of carbonyl (C=O) groups excluding carboxylic acids is 1. The van der Waals surface area contributed by atoms with E-state index < -0.39 is 18.5 Å². The smallest absolute Gasteiger partial charge is 0.390 e. The van der Waals surface area contributed by atoms with Crippen LogP contribution in [0.25, 0.3) is 0 Å². The number of hydrogen-bond acceptors (Lipinski definition) is 5. The van der Waals surface area contributed by atoms with Crippen molar-refractivity contribution in [2.75, 3.05) is 23.9 Å². The zero-order chi connectivity index (χ0) is 23.6.